The van der Waals surface area contributed by atoms with Crippen LogP contribution in [0.3, 0.4) is 0 Å². The first-order valence-electron chi connectivity index (χ1n) is 13.4. The van der Waals surface area contributed by atoms with Crippen LogP contribution in [0.25, 0.3) is 0 Å². The number of anilines is 1. The third-order valence-electron chi connectivity index (χ3n) is 7.36. The molecule has 0 radical (unpaired) electrons. The summed E-state index contributed by atoms with van der Waals surface area (Å²) in [6.45, 7) is 3.81. The third kappa shape index (κ3) is 7.96. The van der Waals surface area contributed by atoms with Crippen molar-refractivity contribution in [3.8, 4) is 0 Å². The molecule has 43 heavy (non-hydrogen) atoms. The van der Waals surface area contributed by atoms with Crippen molar-refractivity contribution >= 4 is 5.95 Å². The van der Waals surface area contributed by atoms with Crippen LogP contribution >= 0.6 is 0 Å². The molecule has 16 heteroatoms. The van der Waals surface area contributed by atoms with Crippen molar-refractivity contribution in [2.24, 2.45) is 7.05 Å². The Morgan fingerprint density at radius 3 is 1.84 bits per heavy atom. The van der Waals surface area contributed by atoms with Crippen molar-refractivity contribution in [3.63, 3.8) is 0 Å². The lowest BCUT2D eigenvalue weighted by Gasteiger charge is -2.39. The highest BCUT2D eigenvalue weighted by atomic mass is 19.4. The molecule has 1 aromatic heterocycles. The van der Waals surface area contributed by atoms with E-state index in [2.05, 4.69) is 25.2 Å². The molecule has 4 rings (SSSR count). The van der Waals surface area contributed by atoms with Crippen LogP contribution in [0.2, 0.25) is 0 Å². The van der Waals surface area contributed by atoms with Crippen molar-refractivity contribution in [2.75, 3.05) is 38.1 Å². The van der Waals surface area contributed by atoms with Gasteiger partial charge in [-0.3, -0.25) is 4.90 Å². The Labute approximate surface area is 241 Å². The first-order chi connectivity index (χ1) is 20.0. The summed E-state index contributed by atoms with van der Waals surface area (Å²) in [7, 11) is 3.36. The van der Waals surface area contributed by atoms with Crippen LogP contribution in [0, 0.1) is 0 Å². The van der Waals surface area contributed by atoms with E-state index in [4.69, 9.17) is 0 Å². The zero-order valence-corrected chi connectivity index (χ0v) is 23.5. The van der Waals surface area contributed by atoms with Gasteiger partial charge in [-0.2, -0.15) is 44.3 Å². The summed E-state index contributed by atoms with van der Waals surface area (Å²) in [5.74, 6) is -0.176. The molecule has 2 aromatic carbocycles. The van der Waals surface area contributed by atoms with Gasteiger partial charge in [0.2, 0.25) is 0 Å². The largest absolute Gasteiger partial charge is 0.416 e. The van der Waals surface area contributed by atoms with Gasteiger partial charge in [-0.1, -0.05) is 18.1 Å². The highest BCUT2D eigenvalue weighted by Gasteiger charge is 2.37. The lowest BCUT2D eigenvalue weighted by Crippen LogP contribution is -2.46. The molecule has 3 aromatic rings. The molecule has 0 amide bonds. The fourth-order valence-corrected chi connectivity index (χ4v) is 5.19. The van der Waals surface area contributed by atoms with Crippen molar-refractivity contribution in [2.45, 2.75) is 51.0 Å². The number of hydrogen-bond donors (Lipinski definition) is 0. The summed E-state index contributed by atoms with van der Waals surface area (Å²) in [6.07, 6.45) is -14.3. The maximum absolute atomic E-state index is 13.8. The normalized spacial score (nSPS) is 16.5. The highest BCUT2D eigenvalue weighted by Crippen LogP contribution is 2.38. The molecule has 1 atom stereocenters. The maximum atomic E-state index is 13.8. The van der Waals surface area contributed by atoms with E-state index < -0.39 is 41.8 Å². The Kier molecular flexibility index (Phi) is 9.30. The van der Waals surface area contributed by atoms with Gasteiger partial charge < -0.3 is 9.80 Å². The van der Waals surface area contributed by atoms with E-state index in [-0.39, 0.29) is 35.7 Å². The van der Waals surface area contributed by atoms with E-state index in [0.29, 0.717) is 37.2 Å². The van der Waals surface area contributed by atoms with E-state index in [1.54, 1.807) is 0 Å². The van der Waals surface area contributed by atoms with Gasteiger partial charge >= 0.3 is 18.5 Å². The van der Waals surface area contributed by atoms with Crippen molar-refractivity contribution in [3.05, 3.63) is 69.8 Å². The van der Waals surface area contributed by atoms with Gasteiger partial charge in [-0.15, -0.1) is 5.10 Å². The number of aromatic nitrogens is 4. The van der Waals surface area contributed by atoms with Crippen LogP contribution in [0.15, 0.2) is 36.4 Å². The summed E-state index contributed by atoms with van der Waals surface area (Å²) >= 11 is 0. The van der Waals surface area contributed by atoms with Crippen molar-refractivity contribution in [1.82, 2.24) is 30.0 Å². The smallest absolute Gasteiger partial charge is 0.330 e. The summed E-state index contributed by atoms with van der Waals surface area (Å²) < 4.78 is 123. The van der Waals surface area contributed by atoms with Gasteiger partial charge in [-0.05, 0) is 65.7 Å². The van der Waals surface area contributed by atoms with Crippen LogP contribution < -0.4 is 4.90 Å². The fraction of sp³-hybridized carbons (Fsp3) is 0.519. The Hall–Kier alpha value is -3.40. The predicted octanol–water partition coefficient (Wildman–Crippen LogP) is 6.17. The number of alkyl halides is 9. The molecule has 0 bridgehead atoms. The van der Waals surface area contributed by atoms with Crippen LogP contribution in [0.4, 0.5) is 45.5 Å². The average molecular weight is 624 g/mol. The number of aryl methyl sites for hydroxylation is 1. The molecule has 7 nitrogen and oxygen atoms in total. The lowest BCUT2D eigenvalue weighted by molar-refractivity contribution is -0.143. The number of likely N-dealkylation sites (N-methyl/N-ethyl adjacent to an activating group) is 1. The second kappa shape index (κ2) is 12.3. The molecule has 1 unspecified atom stereocenters. The van der Waals surface area contributed by atoms with Gasteiger partial charge in [-0.25, -0.2) is 0 Å². The lowest BCUT2D eigenvalue weighted by atomic mass is 9.94. The molecule has 1 fully saturated rings. The molecule has 236 valence electrons. The van der Waals surface area contributed by atoms with Gasteiger partial charge in [0.1, 0.15) is 0 Å². The monoisotopic (exact) mass is 623 g/mol. The first-order valence-corrected chi connectivity index (χ1v) is 13.4. The topological polar surface area (TPSA) is 53.3 Å². The zero-order chi connectivity index (χ0) is 31.7. The number of benzene rings is 2. The molecule has 0 aliphatic carbocycles. The molecule has 1 aliphatic rings. The molecular formula is C27H30F9N7. The van der Waals surface area contributed by atoms with Gasteiger partial charge in [0.25, 0.3) is 5.95 Å². The minimum atomic E-state index is -5.07. The number of tetrazole rings is 1. The summed E-state index contributed by atoms with van der Waals surface area (Å²) in [5, 5.41) is 11.6. The van der Waals surface area contributed by atoms with Gasteiger partial charge in [0.05, 0.1) is 23.7 Å². The molecule has 1 aliphatic heterocycles. The Bertz CT molecular complexity index is 1360. The molecule has 0 saturated carbocycles. The minimum absolute atomic E-state index is 0.0151. The number of halogens is 9. The molecular weight excluding hydrogens is 593 g/mol. The minimum Gasteiger partial charge on any atom is -0.330 e. The molecule has 2 heterocycles. The quantitative estimate of drug-likeness (QED) is 0.280. The Balaban J connectivity index is 1.80. The van der Waals surface area contributed by atoms with Crippen molar-refractivity contribution in [1.29, 1.82) is 0 Å². The average Bonchev–Trinajstić information content (AvgIpc) is 3.35. The molecule has 0 N–H and O–H groups in total. The number of rotatable bonds is 8. The Morgan fingerprint density at radius 1 is 0.767 bits per heavy atom. The maximum Gasteiger partial charge on any atom is 0.416 e. The van der Waals surface area contributed by atoms with E-state index in [0.717, 1.165) is 30.0 Å². The SMILES string of the molecule is CCC(c1ccc(C(F)(F)F)cc1CN(Cc1cc(C(F)(F)F)cc(C(F)(F)F)c1)c1nnn(C)n1)N1CCN(C)CC1. The number of nitrogens with zero attached hydrogens (tertiary/aromatic N) is 7. The van der Waals surface area contributed by atoms with Gasteiger partial charge in [0.15, 0.2) is 0 Å². The van der Waals surface area contributed by atoms with E-state index in [1.165, 1.54) is 18.0 Å². The highest BCUT2D eigenvalue weighted by molar-refractivity contribution is 5.42. The van der Waals surface area contributed by atoms with Crippen molar-refractivity contribution < 1.29 is 39.5 Å². The van der Waals surface area contributed by atoms with Crippen LogP contribution in [0.5, 0.6) is 0 Å². The number of hydrogen-bond acceptors (Lipinski definition) is 6. The molecule has 1 saturated heterocycles. The summed E-state index contributed by atoms with van der Waals surface area (Å²) in [5.41, 5.74) is -3.58. The standard InChI is InChI=1S/C27H30F9N7/c1-4-23(42-9-7-40(2)8-10-42)22-6-5-19(25(28,29)30)13-18(22)16-43(24-37-39-41(3)38-24)15-17-11-20(26(31,32)33)14-21(12-17)27(34,35)36/h5-6,11-14,23H,4,7-10,15-16H2,1-3H3. The van der Waals surface area contributed by atoms with Crippen LogP contribution in [-0.4, -0.2) is 63.2 Å². The van der Waals surface area contributed by atoms with E-state index in [1.807, 2.05) is 14.0 Å². The fourth-order valence-electron chi connectivity index (χ4n) is 5.19. The van der Waals surface area contributed by atoms with Gasteiger partial charge in [0, 0.05) is 45.3 Å². The predicted molar refractivity (Wildman–Crippen MR) is 139 cm³/mol. The first kappa shape index (κ1) is 32.5. The summed E-state index contributed by atoms with van der Waals surface area (Å²) in [4.78, 5) is 6.53. The zero-order valence-electron chi connectivity index (χ0n) is 23.5. The summed E-state index contributed by atoms with van der Waals surface area (Å²) in [6, 6.07) is 4.21. The van der Waals surface area contributed by atoms with Crippen LogP contribution in [0.1, 0.15) is 52.8 Å². The third-order valence-corrected chi connectivity index (χ3v) is 7.36. The van der Waals surface area contributed by atoms with E-state index in [9.17, 15) is 39.5 Å². The van der Waals surface area contributed by atoms with E-state index >= 15 is 0 Å². The second-order valence-electron chi connectivity index (χ2n) is 10.5. The Morgan fingerprint density at radius 2 is 1.35 bits per heavy atom. The second-order valence-corrected chi connectivity index (χ2v) is 10.5. The number of piperazine rings is 1. The molecule has 0 spiro atoms. The van der Waals surface area contributed by atoms with Crippen LogP contribution in [-0.2, 0) is 38.7 Å².